The van der Waals surface area contributed by atoms with E-state index >= 15 is 0 Å². The van der Waals surface area contributed by atoms with Crippen molar-refractivity contribution < 1.29 is 4.74 Å². The van der Waals surface area contributed by atoms with Crippen LogP contribution >= 0.6 is 0 Å². The lowest BCUT2D eigenvalue weighted by Crippen LogP contribution is -2.18. The van der Waals surface area contributed by atoms with Gasteiger partial charge < -0.3 is 10.5 Å². The predicted molar refractivity (Wildman–Crippen MR) is 72.6 cm³/mol. The third-order valence-corrected chi connectivity index (χ3v) is 3.03. The van der Waals surface area contributed by atoms with E-state index in [9.17, 15) is 0 Å². The maximum Gasteiger partial charge on any atom is 0.137 e. The first-order valence-corrected chi connectivity index (χ1v) is 6.04. The van der Waals surface area contributed by atoms with Crippen molar-refractivity contribution in [3.63, 3.8) is 0 Å². The van der Waals surface area contributed by atoms with Gasteiger partial charge in [0.05, 0.1) is 0 Å². The fourth-order valence-corrected chi connectivity index (χ4v) is 1.77. The maximum atomic E-state index is 5.92. The number of nitrogens with zero attached hydrogens (tertiary/aromatic N) is 1. The second-order valence-corrected chi connectivity index (χ2v) is 4.37. The number of hydrogen-bond acceptors (Lipinski definition) is 3. The highest BCUT2D eigenvalue weighted by molar-refractivity contribution is 5.34. The summed E-state index contributed by atoms with van der Waals surface area (Å²) in [6.07, 6.45) is 3.38. The molecule has 0 amide bonds. The van der Waals surface area contributed by atoms with Crippen LogP contribution in [0.2, 0.25) is 0 Å². The molecule has 0 saturated carbocycles. The van der Waals surface area contributed by atoms with Gasteiger partial charge in [-0.25, -0.2) is 0 Å². The standard InChI is InChI=1S/C15H18N2O/c1-11-5-6-14(8-12(11)2)18-15(9-16)13-4-3-7-17-10-13/h3-8,10,15H,9,16H2,1-2H3. The van der Waals surface area contributed by atoms with Gasteiger partial charge in [0.1, 0.15) is 11.9 Å². The lowest BCUT2D eigenvalue weighted by Gasteiger charge is -2.18. The van der Waals surface area contributed by atoms with Crippen LogP contribution in [0.5, 0.6) is 5.75 Å². The molecule has 3 nitrogen and oxygen atoms in total. The molecule has 2 aromatic rings. The molecule has 1 aromatic heterocycles. The van der Waals surface area contributed by atoms with Crippen LogP contribution in [0.1, 0.15) is 22.8 Å². The van der Waals surface area contributed by atoms with E-state index in [0.717, 1.165) is 11.3 Å². The van der Waals surface area contributed by atoms with E-state index in [1.165, 1.54) is 11.1 Å². The molecule has 0 aliphatic carbocycles. The van der Waals surface area contributed by atoms with E-state index in [-0.39, 0.29) is 6.10 Å². The first kappa shape index (κ1) is 12.6. The molecule has 18 heavy (non-hydrogen) atoms. The van der Waals surface area contributed by atoms with Crippen LogP contribution in [-0.2, 0) is 0 Å². The molecule has 0 fully saturated rings. The number of aryl methyl sites for hydroxylation is 2. The van der Waals surface area contributed by atoms with Crippen molar-refractivity contribution in [1.29, 1.82) is 0 Å². The molecule has 3 heteroatoms. The van der Waals surface area contributed by atoms with Crippen molar-refractivity contribution in [3.05, 3.63) is 59.4 Å². The highest BCUT2D eigenvalue weighted by Gasteiger charge is 2.11. The van der Waals surface area contributed by atoms with Crippen molar-refractivity contribution in [2.45, 2.75) is 20.0 Å². The lowest BCUT2D eigenvalue weighted by molar-refractivity contribution is 0.213. The van der Waals surface area contributed by atoms with E-state index in [0.29, 0.717) is 6.54 Å². The van der Waals surface area contributed by atoms with Crippen LogP contribution in [0, 0.1) is 13.8 Å². The lowest BCUT2D eigenvalue weighted by atomic mass is 10.1. The van der Waals surface area contributed by atoms with Gasteiger partial charge in [-0.15, -0.1) is 0 Å². The molecule has 1 aromatic carbocycles. The number of rotatable bonds is 4. The van der Waals surface area contributed by atoms with Crippen LogP contribution in [0.15, 0.2) is 42.7 Å². The van der Waals surface area contributed by atoms with Gasteiger partial charge in [0, 0.05) is 24.5 Å². The topological polar surface area (TPSA) is 48.1 Å². The first-order valence-electron chi connectivity index (χ1n) is 6.04. The van der Waals surface area contributed by atoms with E-state index < -0.39 is 0 Å². The number of benzene rings is 1. The highest BCUT2D eigenvalue weighted by atomic mass is 16.5. The summed E-state index contributed by atoms with van der Waals surface area (Å²) < 4.78 is 5.92. The normalized spacial score (nSPS) is 12.2. The molecule has 2 rings (SSSR count). The van der Waals surface area contributed by atoms with Crippen LogP contribution in [0.4, 0.5) is 0 Å². The molecule has 0 radical (unpaired) electrons. The van der Waals surface area contributed by atoms with Crippen LogP contribution < -0.4 is 10.5 Å². The monoisotopic (exact) mass is 242 g/mol. The van der Waals surface area contributed by atoms with Gasteiger partial charge in [-0.2, -0.15) is 0 Å². The Morgan fingerprint density at radius 3 is 2.67 bits per heavy atom. The summed E-state index contributed by atoms with van der Waals surface area (Å²) in [7, 11) is 0. The Morgan fingerprint density at radius 1 is 1.22 bits per heavy atom. The largest absolute Gasteiger partial charge is 0.484 e. The quantitative estimate of drug-likeness (QED) is 0.896. The van der Waals surface area contributed by atoms with Gasteiger partial charge in [0.25, 0.3) is 0 Å². The third-order valence-electron chi connectivity index (χ3n) is 3.03. The second kappa shape index (κ2) is 5.65. The predicted octanol–water partition coefficient (Wildman–Crippen LogP) is 2.78. The Balaban J connectivity index is 2.18. The number of hydrogen-bond donors (Lipinski definition) is 1. The van der Waals surface area contributed by atoms with Crippen molar-refractivity contribution >= 4 is 0 Å². The van der Waals surface area contributed by atoms with E-state index in [2.05, 4.69) is 24.9 Å². The average molecular weight is 242 g/mol. The summed E-state index contributed by atoms with van der Waals surface area (Å²) >= 11 is 0. The van der Waals surface area contributed by atoms with Crippen molar-refractivity contribution in [2.24, 2.45) is 5.73 Å². The fraction of sp³-hybridized carbons (Fsp3) is 0.267. The first-order chi connectivity index (χ1) is 8.70. The minimum Gasteiger partial charge on any atom is -0.484 e. The van der Waals surface area contributed by atoms with Crippen LogP contribution in [0.3, 0.4) is 0 Å². The van der Waals surface area contributed by atoms with Crippen LogP contribution in [0.25, 0.3) is 0 Å². The Labute approximate surface area is 108 Å². The van der Waals surface area contributed by atoms with Gasteiger partial charge in [-0.3, -0.25) is 4.98 Å². The smallest absolute Gasteiger partial charge is 0.137 e. The molecule has 1 unspecified atom stereocenters. The van der Waals surface area contributed by atoms with Crippen molar-refractivity contribution in [3.8, 4) is 5.75 Å². The molecule has 0 aliphatic rings. The average Bonchev–Trinajstić information content (AvgIpc) is 2.41. The molecule has 0 saturated heterocycles. The Hall–Kier alpha value is -1.87. The third kappa shape index (κ3) is 2.87. The number of pyridine rings is 1. The zero-order valence-corrected chi connectivity index (χ0v) is 10.8. The zero-order chi connectivity index (χ0) is 13.0. The summed E-state index contributed by atoms with van der Waals surface area (Å²) in [4.78, 5) is 4.09. The fourth-order valence-electron chi connectivity index (χ4n) is 1.77. The molecule has 94 valence electrons. The van der Waals surface area contributed by atoms with Crippen LogP contribution in [-0.4, -0.2) is 11.5 Å². The summed E-state index contributed by atoms with van der Waals surface area (Å²) in [5, 5.41) is 0. The Kier molecular flexibility index (Phi) is 3.95. The van der Waals surface area contributed by atoms with Gasteiger partial charge in [0.2, 0.25) is 0 Å². The maximum absolute atomic E-state index is 5.92. The molecule has 2 N–H and O–H groups in total. The number of ether oxygens (including phenoxy) is 1. The molecular formula is C15H18N2O. The van der Waals surface area contributed by atoms with Gasteiger partial charge in [-0.1, -0.05) is 12.1 Å². The molecule has 1 heterocycles. The summed E-state index contributed by atoms with van der Waals surface area (Å²) in [5.74, 6) is 0.845. The highest BCUT2D eigenvalue weighted by Crippen LogP contribution is 2.23. The van der Waals surface area contributed by atoms with Crippen molar-refractivity contribution in [1.82, 2.24) is 4.98 Å². The number of aromatic nitrogens is 1. The summed E-state index contributed by atoms with van der Waals surface area (Å²) in [5.41, 5.74) is 9.24. The summed E-state index contributed by atoms with van der Waals surface area (Å²) in [6, 6.07) is 9.94. The van der Waals surface area contributed by atoms with Crippen molar-refractivity contribution in [2.75, 3.05) is 6.54 Å². The molecule has 1 atom stereocenters. The summed E-state index contributed by atoms with van der Waals surface area (Å²) in [6.45, 7) is 4.59. The zero-order valence-electron chi connectivity index (χ0n) is 10.8. The van der Waals surface area contributed by atoms with Gasteiger partial charge >= 0.3 is 0 Å². The Bertz CT molecular complexity index is 511. The SMILES string of the molecule is Cc1ccc(OC(CN)c2cccnc2)cc1C. The molecular weight excluding hydrogens is 224 g/mol. The van der Waals surface area contributed by atoms with E-state index in [1.54, 1.807) is 12.4 Å². The minimum absolute atomic E-state index is 0.152. The van der Waals surface area contributed by atoms with Gasteiger partial charge in [-0.05, 0) is 43.2 Å². The molecule has 0 spiro atoms. The molecule has 0 aliphatic heterocycles. The second-order valence-electron chi connectivity index (χ2n) is 4.37. The number of nitrogens with two attached hydrogens (primary N) is 1. The molecule has 0 bridgehead atoms. The van der Waals surface area contributed by atoms with E-state index in [1.807, 2.05) is 24.3 Å². The minimum atomic E-state index is -0.152. The van der Waals surface area contributed by atoms with Gasteiger partial charge in [0.15, 0.2) is 0 Å². The van der Waals surface area contributed by atoms with E-state index in [4.69, 9.17) is 10.5 Å². The Morgan fingerprint density at radius 2 is 2.06 bits per heavy atom.